The van der Waals surface area contributed by atoms with Crippen molar-refractivity contribution in [2.24, 2.45) is 5.73 Å². The zero-order valence-corrected chi connectivity index (χ0v) is 12.3. The lowest BCUT2D eigenvalue weighted by atomic mass is 10.1. The Morgan fingerprint density at radius 1 is 1.53 bits per heavy atom. The van der Waals surface area contributed by atoms with Crippen molar-refractivity contribution in [2.75, 3.05) is 13.2 Å². The lowest BCUT2D eigenvalue weighted by Gasteiger charge is -2.11. The third kappa shape index (κ3) is 4.34. The molecule has 0 aliphatic carbocycles. The van der Waals surface area contributed by atoms with Crippen molar-refractivity contribution in [2.45, 2.75) is 31.8 Å². The predicted molar refractivity (Wildman–Crippen MR) is 81.0 cm³/mol. The maximum absolute atomic E-state index is 6.11. The van der Waals surface area contributed by atoms with E-state index in [1.165, 1.54) is 12.8 Å². The molecule has 1 unspecified atom stereocenters. The molecule has 2 N–H and O–H groups in total. The van der Waals surface area contributed by atoms with E-state index in [9.17, 15) is 0 Å². The normalized spacial score (nSPS) is 18.5. The molecule has 1 aliphatic rings. The van der Waals surface area contributed by atoms with Crippen LogP contribution in [-0.4, -0.2) is 24.3 Å². The molecule has 1 aliphatic heterocycles. The van der Waals surface area contributed by atoms with Crippen LogP contribution >= 0.6 is 23.8 Å². The topological polar surface area (TPSA) is 44.5 Å². The van der Waals surface area contributed by atoms with Crippen LogP contribution in [0.4, 0.5) is 0 Å². The molecule has 1 aromatic carbocycles. The first kappa shape index (κ1) is 14.6. The second-order valence-corrected chi connectivity index (χ2v) is 5.48. The average Bonchev–Trinajstić information content (AvgIpc) is 2.89. The summed E-state index contributed by atoms with van der Waals surface area (Å²) in [5.74, 6) is 0.675. The first-order valence-corrected chi connectivity index (χ1v) is 7.29. The Bertz CT molecular complexity index is 447. The maximum Gasteiger partial charge on any atom is 0.137 e. The van der Waals surface area contributed by atoms with Crippen molar-refractivity contribution in [1.29, 1.82) is 0 Å². The summed E-state index contributed by atoms with van der Waals surface area (Å²) in [6, 6.07) is 5.37. The molecule has 0 aromatic heterocycles. The molecule has 0 radical (unpaired) electrons. The van der Waals surface area contributed by atoms with Crippen LogP contribution in [0.5, 0.6) is 5.75 Å². The van der Waals surface area contributed by atoms with Gasteiger partial charge in [-0.05, 0) is 43.9 Å². The maximum atomic E-state index is 6.11. The summed E-state index contributed by atoms with van der Waals surface area (Å²) in [6.45, 7) is 1.55. The highest BCUT2D eigenvalue weighted by Crippen LogP contribution is 2.26. The van der Waals surface area contributed by atoms with Crippen LogP contribution in [0.2, 0.25) is 5.02 Å². The summed E-state index contributed by atoms with van der Waals surface area (Å²) in [7, 11) is 0. The minimum Gasteiger partial charge on any atom is -0.492 e. The van der Waals surface area contributed by atoms with Gasteiger partial charge in [0, 0.05) is 12.2 Å². The minimum absolute atomic E-state index is 0.340. The summed E-state index contributed by atoms with van der Waals surface area (Å²) in [6.07, 6.45) is 4.78. The highest BCUT2D eigenvalue weighted by molar-refractivity contribution is 7.80. The summed E-state index contributed by atoms with van der Waals surface area (Å²) in [5, 5.41) is 0.544. The quantitative estimate of drug-likeness (QED) is 0.646. The van der Waals surface area contributed by atoms with Crippen LogP contribution in [-0.2, 0) is 4.74 Å². The number of ether oxygens (including phenoxy) is 2. The van der Waals surface area contributed by atoms with E-state index in [0.29, 0.717) is 28.5 Å². The standard InChI is InChI=1S/C14H18ClNO2S/c15-12-9-10(14(16)19)5-6-13(12)18-8-2-4-11-3-1-7-17-11/h5-6,9,11H,1-4,7-8H2,(H2,16,19). The van der Waals surface area contributed by atoms with Gasteiger partial charge in [-0.25, -0.2) is 0 Å². The highest BCUT2D eigenvalue weighted by Gasteiger charge is 2.14. The Hall–Kier alpha value is -0.840. The fourth-order valence-electron chi connectivity index (χ4n) is 2.14. The van der Waals surface area contributed by atoms with Crippen molar-refractivity contribution >= 4 is 28.8 Å². The van der Waals surface area contributed by atoms with Crippen molar-refractivity contribution < 1.29 is 9.47 Å². The number of benzene rings is 1. The zero-order chi connectivity index (χ0) is 13.7. The molecule has 1 saturated heterocycles. The summed E-state index contributed by atoms with van der Waals surface area (Å²) in [5.41, 5.74) is 6.30. The van der Waals surface area contributed by atoms with Gasteiger partial charge in [-0.1, -0.05) is 23.8 Å². The van der Waals surface area contributed by atoms with E-state index in [4.69, 9.17) is 39.0 Å². The number of hydrogen-bond acceptors (Lipinski definition) is 3. The number of hydrogen-bond donors (Lipinski definition) is 1. The second kappa shape index (κ2) is 7.08. The molecule has 1 aromatic rings. The van der Waals surface area contributed by atoms with Gasteiger partial charge in [-0.3, -0.25) is 0 Å². The highest BCUT2D eigenvalue weighted by atomic mass is 35.5. The third-order valence-electron chi connectivity index (χ3n) is 3.17. The Labute approximate surface area is 124 Å². The molecule has 5 heteroatoms. The zero-order valence-electron chi connectivity index (χ0n) is 10.7. The summed E-state index contributed by atoms with van der Waals surface area (Å²) in [4.78, 5) is 0.340. The van der Waals surface area contributed by atoms with Gasteiger partial charge in [0.1, 0.15) is 10.7 Å². The monoisotopic (exact) mass is 299 g/mol. The SMILES string of the molecule is NC(=S)c1ccc(OCCCC2CCCO2)c(Cl)c1. The lowest BCUT2D eigenvalue weighted by Crippen LogP contribution is -2.10. The number of halogens is 1. The van der Waals surface area contributed by atoms with E-state index in [2.05, 4.69) is 0 Å². The van der Waals surface area contributed by atoms with Crippen LogP contribution in [0.25, 0.3) is 0 Å². The van der Waals surface area contributed by atoms with Crippen LogP contribution in [0, 0.1) is 0 Å². The molecule has 3 nitrogen and oxygen atoms in total. The molecular formula is C14H18ClNO2S. The Morgan fingerprint density at radius 2 is 2.37 bits per heavy atom. The molecule has 1 atom stereocenters. The van der Waals surface area contributed by atoms with E-state index in [1.807, 2.05) is 12.1 Å². The van der Waals surface area contributed by atoms with E-state index >= 15 is 0 Å². The van der Waals surface area contributed by atoms with Gasteiger partial charge in [-0.2, -0.15) is 0 Å². The molecule has 19 heavy (non-hydrogen) atoms. The van der Waals surface area contributed by atoms with Gasteiger partial charge in [0.2, 0.25) is 0 Å². The van der Waals surface area contributed by atoms with E-state index in [0.717, 1.165) is 25.0 Å². The third-order valence-corrected chi connectivity index (χ3v) is 3.70. The van der Waals surface area contributed by atoms with E-state index in [-0.39, 0.29) is 0 Å². The van der Waals surface area contributed by atoms with Crippen LogP contribution in [0.15, 0.2) is 18.2 Å². The van der Waals surface area contributed by atoms with Gasteiger partial charge in [0.15, 0.2) is 0 Å². The smallest absolute Gasteiger partial charge is 0.137 e. The molecule has 104 valence electrons. The van der Waals surface area contributed by atoms with Crippen molar-refractivity contribution in [3.05, 3.63) is 28.8 Å². The van der Waals surface area contributed by atoms with E-state index in [1.54, 1.807) is 6.07 Å². The average molecular weight is 300 g/mol. The van der Waals surface area contributed by atoms with Crippen molar-refractivity contribution in [1.82, 2.24) is 0 Å². The molecule has 1 heterocycles. The van der Waals surface area contributed by atoms with Gasteiger partial charge in [0.25, 0.3) is 0 Å². The van der Waals surface area contributed by atoms with Crippen LogP contribution in [0.3, 0.4) is 0 Å². The first-order valence-electron chi connectivity index (χ1n) is 6.50. The Kier molecular flexibility index (Phi) is 5.43. The Balaban J connectivity index is 1.77. The lowest BCUT2D eigenvalue weighted by molar-refractivity contribution is 0.0981. The molecule has 0 spiro atoms. The van der Waals surface area contributed by atoms with Gasteiger partial charge in [-0.15, -0.1) is 0 Å². The fourth-order valence-corrected chi connectivity index (χ4v) is 2.50. The Morgan fingerprint density at radius 3 is 3.00 bits per heavy atom. The number of nitrogens with two attached hydrogens (primary N) is 1. The first-order chi connectivity index (χ1) is 9.16. The molecule has 2 rings (SSSR count). The van der Waals surface area contributed by atoms with Crippen molar-refractivity contribution in [3.63, 3.8) is 0 Å². The molecule has 0 amide bonds. The minimum atomic E-state index is 0.340. The molecular weight excluding hydrogens is 282 g/mol. The number of thiocarbonyl (C=S) groups is 1. The van der Waals surface area contributed by atoms with Gasteiger partial charge < -0.3 is 15.2 Å². The molecule has 1 fully saturated rings. The molecule has 0 bridgehead atoms. The summed E-state index contributed by atoms with van der Waals surface area (Å²) >= 11 is 11.0. The number of rotatable bonds is 6. The molecule has 0 saturated carbocycles. The predicted octanol–water partition coefficient (Wildman–Crippen LogP) is 3.31. The second-order valence-electron chi connectivity index (χ2n) is 4.64. The fraction of sp³-hybridized carbons (Fsp3) is 0.500. The van der Waals surface area contributed by atoms with Crippen LogP contribution < -0.4 is 10.5 Å². The van der Waals surface area contributed by atoms with Gasteiger partial charge in [0.05, 0.1) is 17.7 Å². The van der Waals surface area contributed by atoms with E-state index < -0.39 is 0 Å². The summed E-state index contributed by atoms with van der Waals surface area (Å²) < 4.78 is 11.2. The van der Waals surface area contributed by atoms with Gasteiger partial charge >= 0.3 is 0 Å². The van der Waals surface area contributed by atoms with Crippen LogP contribution in [0.1, 0.15) is 31.2 Å². The largest absolute Gasteiger partial charge is 0.492 e. The van der Waals surface area contributed by atoms with Crippen molar-refractivity contribution in [3.8, 4) is 5.75 Å².